The summed E-state index contributed by atoms with van der Waals surface area (Å²) in [6.07, 6.45) is 0.831. The van der Waals surface area contributed by atoms with E-state index in [0.29, 0.717) is 17.3 Å². The molecule has 1 aromatic heterocycles. The van der Waals surface area contributed by atoms with Gasteiger partial charge < -0.3 is 10.3 Å². The average molecular weight is 263 g/mol. The van der Waals surface area contributed by atoms with Crippen molar-refractivity contribution in [3.63, 3.8) is 0 Å². The number of aromatic nitrogens is 2. The minimum atomic E-state index is -0.315. The standard InChI is InChI=1S/C14H18FN3O/c1-4-12(16)9(3)14-17-13(18-19-14)11-7-10(15)6-5-8(11)2/h5-7,9,12H,4,16H2,1-3H3. The molecule has 5 heteroatoms. The fraction of sp³-hybridized carbons (Fsp3) is 0.429. The van der Waals surface area contributed by atoms with Crippen LogP contribution in [0, 0.1) is 12.7 Å². The summed E-state index contributed by atoms with van der Waals surface area (Å²) in [7, 11) is 0. The molecule has 1 aromatic carbocycles. The van der Waals surface area contributed by atoms with Crippen molar-refractivity contribution in [2.24, 2.45) is 5.73 Å². The van der Waals surface area contributed by atoms with E-state index in [4.69, 9.17) is 10.3 Å². The number of nitrogens with zero attached hydrogens (tertiary/aromatic N) is 2. The average Bonchev–Trinajstić information content (AvgIpc) is 2.89. The van der Waals surface area contributed by atoms with E-state index in [0.717, 1.165) is 12.0 Å². The van der Waals surface area contributed by atoms with E-state index in [1.807, 2.05) is 20.8 Å². The molecule has 2 atom stereocenters. The van der Waals surface area contributed by atoms with Gasteiger partial charge in [-0.3, -0.25) is 0 Å². The smallest absolute Gasteiger partial charge is 0.231 e. The molecule has 102 valence electrons. The summed E-state index contributed by atoms with van der Waals surface area (Å²) in [5, 5.41) is 3.92. The first-order valence-electron chi connectivity index (χ1n) is 6.38. The van der Waals surface area contributed by atoms with Crippen molar-refractivity contribution in [2.75, 3.05) is 0 Å². The third-order valence-corrected chi connectivity index (χ3v) is 3.39. The molecule has 0 radical (unpaired) electrons. The third kappa shape index (κ3) is 2.81. The Labute approximate surface area is 111 Å². The highest BCUT2D eigenvalue weighted by atomic mass is 19.1. The van der Waals surface area contributed by atoms with Crippen molar-refractivity contribution in [1.29, 1.82) is 0 Å². The van der Waals surface area contributed by atoms with E-state index < -0.39 is 0 Å². The Balaban J connectivity index is 2.33. The van der Waals surface area contributed by atoms with Crippen molar-refractivity contribution >= 4 is 0 Å². The lowest BCUT2D eigenvalue weighted by Crippen LogP contribution is -2.25. The second-order valence-electron chi connectivity index (χ2n) is 4.78. The van der Waals surface area contributed by atoms with E-state index in [2.05, 4.69) is 10.1 Å². The molecule has 2 N–H and O–H groups in total. The summed E-state index contributed by atoms with van der Waals surface area (Å²) in [4.78, 5) is 4.33. The molecule has 0 amide bonds. The van der Waals surface area contributed by atoms with Crippen LogP contribution in [0.5, 0.6) is 0 Å². The van der Waals surface area contributed by atoms with Gasteiger partial charge in [0.15, 0.2) is 0 Å². The normalized spacial score (nSPS) is 14.4. The Kier molecular flexibility index (Phi) is 3.95. The molecule has 1 heterocycles. The molecule has 4 nitrogen and oxygen atoms in total. The Morgan fingerprint density at radius 2 is 2.16 bits per heavy atom. The SMILES string of the molecule is CCC(N)C(C)c1nc(-c2cc(F)ccc2C)no1. The molecule has 0 bridgehead atoms. The van der Waals surface area contributed by atoms with Crippen LogP contribution in [0.15, 0.2) is 22.7 Å². The molecule has 19 heavy (non-hydrogen) atoms. The molecule has 2 unspecified atom stereocenters. The summed E-state index contributed by atoms with van der Waals surface area (Å²) in [6.45, 7) is 5.84. The van der Waals surface area contributed by atoms with Gasteiger partial charge in [0.1, 0.15) is 5.82 Å². The van der Waals surface area contributed by atoms with E-state index >= 15 is 0 Å². The summed E-state index contributed by atoms with van der Waals surface area (Å²) >= 11 is 0. The maximum absolute atomic E-state index is 13.3. The highest BCUT2D eigenvalue weighted by molar-refractivity contribution is 5.59. The van der Waals surface area contributed by atoms with E-state index in [1.54, 1.807) is 6.07 Å². The van der Waals surface area contributed by atoms with Crippen LogP contribution in [-0.4, -0.2) is 16.2 Å². The number of rotatable bonds is 4. The maximum atomic E-state index is 13.3. The molecule has 0 aliphatic heterocycles. The minimum absolute atomic E-state index is 0.0138. The summed E-state index contributed by atoms with van der Waals surface area (Å²) < 4.78 is 18.5. The molecule has 0 saturated heterocycles. The van der Waals surface area contributed by atoms with Gasteiger partial charge in [0.25, 0.3) is 0 Å². The topological polar surface area (TPSA) is 64.9 Å². The van der Waals surface area contributed by atoms with Gasteiger partial charge in [0.2, 0.25) is 11.7 Å². The Morgan fingerprint density at radius 3 is 2.84 bits per heavy atom. The van der Waals surface area contributed by atoms with Crippen LogP contribution < -0.4 is 5.73 Å². The van der Waals surface area contributed by atoms with Crippen LogP contribution >= 0.6 is 0 Å². The van der Waals surface area contributed by atoms with Crippen molar-refractivity contribution < 1.29 is 8.91 Å². The lowest BCUT2D eigenvalue weighted by atomic mass is 10.0. The van der Waals surface area contributed by atoms with Gasteiger partial charge in [-0.15, -0.1) is 0 Å². The highest BCUT2D eigenvalue weighted by Crippen LogP contribution is 2.25. The molecule has 2 rings (SSSR count). The van der Waals surface area contributed by atoms with Gasteiger partial charge in [0, 0.05) is 11.6 Å². The van der Waals surface area contributed by atoms with Crippen molar-refractivity contribution in [1.82, 2.24) is 10.1 Å². The fourth-order valence-corrected chi connectivity index (χ4v) is 1.90. The number of halogens is 1. The summed E-state index contributed by atoms with van der Waals surface area (Å²) in [5.41, 5.74) is 7.51. The second kappa shape index (κ2) is 5.48. The van der Waals surface area contributed by atoms with Crippen molar-refractivity contribution in [3.8, 4) is 11.4 Å². The van der Waals surface area contributed by atoms with Gasteiger partial charge in [-0.05, 0) is 31.0 Å². The largest absolute Gasteiger partial charge is 0.339 e. The zero-order chi connectivity index (χ0) is 14.0. The van der Waals surface area contributed by atoms with Crippen LogP contribution in [0.25, 0.3) is 11.4 Å². The molecular weight excluding hydrogens is 245 g/mol. The molecule has 2 aromatic rings. The van der Waals surface area contributed by atoms with Gasteiger partial charge in [0.05, 0.1) is 5.92 Å². The lowest BCUT2D eigenvalue weighted by Gasteiger charge is -2.13. The second-order valence-corrected chi connectivity index (χ2v) is 4.78. The fourth-order valence-electron chi connectivity index (χ4n) is 1.90. The first-order valence-corrected chi connectivity index (χ1v) is 6.38. The predicted molar refractivity (Wildman–Crippen MR) is 71.1 cm³/mol. The predicted octanol–water partition coefficient (Wildman–Crippen LogP) is 3.02. The summed E-state index contributed by atoms with van der Waals surface area (Å²) in [6, 6.07) is 4.49. The first kappa shape index (κ1) is 13.7. The molecule has 0 saturated carbocycles. The molecular formula is C14H18FN3O. The number of aryl methyl sites for hydroxylation is 1. The quantitative estimate of drug-likeness (QED) is 0.920. The van der Waals surface area contributed by atoms with Gasteiger partial charge in [-0.25, -0.2) is 4.39 Å². The Bertz CT molecular complexity index is 568. The number of hydrogen-bond acceptors (Lipinski definition) is 4. The molecule has 0 aliphatic rings. The lowest BCUT2D eigenvalue weighted by molar-refractivity contribution is 0.340. The molecule has 0 spiro atoms. The minimum Gasteiger partial charge on any atom is -0.339 e. The molecule has 0 aliphatic carbocycles. The van der Waals surface area contributed by atoms with E-state index in [1.165, 1.54) is 12.1 Å². The van der Waals surface area contributed by atoms with Crippen molar-refractivity contribution in [2.45, 2.75) is 39.2 Å². The van der Waals surface area contributed by atoms with Gasteiger partial charge in [-0.2, -0.15) is 4.98 Å². The Hall–Kier alpha value is -1.75. The van der Waals surface area contributed by atoms with Crippen LogP contribution in [0.3, 0.4) is 0 Å². The van der Waals surface area contributed by atoms with Crippen LogP contribution in [0.1, 0.15) is 37.6 Å². The van der Waals surface area contributed by atoms with Crippen molar-refractivity contribution in [3.05, 3.63) is 35.5 Å². The monoisotopic (exact) mass is 263 g/mol. The van der Waals surface area contributed by atoms with Crippen LogP contribution in [-0.2, 0) is 0 Å². The van der Waals surface area contributed by atoms with E-state index in [-0.39, 0.29) is 17.8 Å². The highest BCUT2D eigenvalue weighted by Gasteiger charge is 2.21. The number of hydrogen-bond donors (Lipinski definition) is 1. The Morgan fingerprint density at radius 1 is 1.42 bits per heavy atom. The molecule has 0 fully saturated rings. The first-order chi connectivity index (χ1) is 9.02. The maximum Gasteiger partial charge on any atom is 0.231 e. The van der Waals surface area contributed by atoms with Gasteiger partial charge >= 0.3 is 0 Å². The zero-order valence-electron chi connectivity index (χ0n) is 11.4. The van der Waals surface area contributed by atoms with Crippen LogP contribution in [0.4, 0.5) is 4.39 Å². The third-order valence-electron chi connectivity index (χ3n) is 3.39. The van der Waals surface area contributed by atoms with E-state index in [9.17, 15) is 4.39 Å². The summed E-state index contributed by atoms with van der Waals surface area (Å²) in [5.74, 6) is 0.570. The number of nitrogens with two attached hydrogens (primary N) is 1. The zero-order valence-corrected chi connectivity index (χ0v) is 11.4. The van der Waals surface area contributed by atoms with Crippen LogP contribution in [0.2, 0.25) is 0 Å². The van der Waals surface area contributed by atoms with Gasteiger partial charge in [-0.1, -0.05) is 25.1 Å². The number of benzene rings is 1.